The molecule has 0 fully saturated rings. The topological polar surface area (TPSA) is 81.9 Å². The van der Waals surface area contributed by atoms with Gasteiger partial charge in [-0.25, -0.2) is 4.68 Å². The van der Waals surface area contributed by atoms with Crippen LogP contribution in [-0.2, 0) is 4.79 Å². The minimum atomic E-state index is -0.206. The predicted molar refractivity (Wildman–Crippen MR) is 93.9 cm³/mol. The maximum absolute atomic E-state index is 12.2. The second kappa shape index (κ2) is 7.12. The van der Waals surface area contributed by atoms with Gasteiger partial charge in [0.1, 0.15) is 12.1 Å². The minimum Gasteiger partial charge on any atom is -0.484 e. The molecule has 0 radical (unpaired) electrons. The summed E-state index contributed by atoms with van der Waals surface area (Å²) < 4.78 is 7.11. The van der Waals surface area contributed by atoms with Crippen molar-refractivity contribution in [2.45, 2.75) is 20.8 Å². The zero-order chi connectivity index (χ0) is 17.8. The lowest BCUT2D eigenvalue weighted by Crippen LogP contribution is -2.21. The van der Waals surface area contributed by atoms with E-state index in [1.165, 1.54) is 16.6 Å². The van der Waals surface area contributed by atoms with Gasteiger partial charge in [-0.2, -0.15) is 0 Å². The monoisotopic (exact) mass is 337 g/mol. The third-order valence-electron chi connectivity index (χ3n) is 3.74. The number of aromatic nitrogens is 4. The molecule has 7 nitrogen and oxygen atoms in total. The van der Waals surface area contributed by atoms with E-state index in [9.17, 15) is 4.79 Å². The molecule has 3 aromatic rings. The molecular weight excluding hydrogens is 318 g/mol. The third kappa shape index (κ3) is 4.00. The summed E-state index contributed by atoms with van der Waals surface area (Å²) in [5.74, 6) is 0.364. The molecule has 0 aliphatic carbocycles. The number of nitrogens with zero attached hydrogens (tertiary/aromatic N) is 4. The lowest BCUT2D eigenvalue weighted by atomic mass is 10.1. The molecule has 2 aromatic carbocycles. The smallest absolute Gasteiger partial charge is 0.262 e. The van der Waals surface area contributed by atoms with E-state index in [4.69, 9.17) is 4.74 Å². The fraction of sp³-hybridized carbons (Fsp3) is 0.222. The summed E-state index contributed by atoms with van der Waals surface area (Å²) in [6.45, 7) is 5.91. The molecule has 0 aliphatic heterocycles. The van der Waals surface area contributed by atoms with Gasteiger partial charge in [0, 0.05) is 11.8 Å². The van der Waals surface area contributed by atoms with E-state index >= 15 is 0 Å². The first kappa shape index (κ1) is 16.6. The second-order valence-electron chi connectivity index (χ2n) is 5.86. The van der Waals surface area contributed by atoms with Crippen LogP contribution in [0.1, 0.15) is 16.7 Å². The Morgan fingerprint density at radius 1 is 1.16 bits per heavy atom. The first-order valence-electron chi connectivity index (χ1n) is 7.87. The van der Waals surface area contributed by atoms with E-state index in [1.54, 1.807) is 12.1 Å². The number of carbonyl (C=O) groups is 1. The van der Waals surface area contributed by atoms with Crippen molar-refractivity contribution in [1.82, 2.24) is 20.2 Å². The molecular formula is C18H19N5O2. The predicted octanol–water partition coefficient (Wildman–Crippen LogP) is 2.61. The van der Waals surface area contributed by atoms with Gasteiger partial charge < -0.3 is 10.1 Å². The van der Waals surface area contributed by atoms with Crippen LogP contribution in [0.4, 0.5) is 5.69 Å². The van der Waals surface area contributed by atoms with E-state index < -0.39 is 0 Å². The average molecular weight is 337 g/mol. The quantitative estimate of drug-likeness (QED) is 0.774. The SMILES string of the molecule is Cc1cc(C)c(NC(=O)COc2cccc(-n3cnnn3)c2)c(C)c1. The van der Waals surface area contributed by atoms with Crippen LogP contribution in [0.15, 0.2) is 42.7 Å². The Hall–Kier alpha value is -3.22. The van der Waals surface area contributed by atoms with Crippen molar-refractivity contribution in [1.29, 1.82) is 0 Å². The summed E-state index contributed by atoms with van der Waals surface area (Å²) in [6, 6.07) is 11.3. The van der Waals surface area contributed by atoms with Crippen LogP contribution in [0.25, 0.3) is 5.69 Å². The number of tetrazole rings is 1. The summed E-state index contributed by atoms with van der Waals surface area (Å²) in [5, 5.41) is 13.9. The van der Waals surface area contributed by atoms with Crippen LogP contribution in [0.5, 0.6) is 5.75 Å². The molecule has 0 unspecified atom stereocenters. The molecule has 7 heteroatoms. The lowest BCUT2D eigenvalue weighted by Gasteiger charge is -2.13. The van der Waals surface area contributed by atoms with Crippen molar-refractivity contribution < 1.29 is 9.53 Å². The van der Waals surface area contributed by atoms with E-state index in [-0.39, 0.29) is 12.5 Å². The van der Waals surface area contributed by atoms with Gasteiger partial charge in [0.15, 0.2) is 6.61 Å². The fourth-order valence-electron chi connectivity index (χ4n) is 2.70. The molecule has 25 heavy (non-hydrogen) atoms. The highest BCUT2D eigenvalue weighted by molar-refractivity contribution is 5.93. The summed E-state index contributed by atoms with van der Waals surface area (Å²) in [6.07, 6.45) is 1.49. The maximum atomic E-state index is 12.2. The van der Waals surface area contributed by atoms with Gasteiger partial charge in [-0.3, -0.25) is 4.79 Å². The van der Waals surface area contributed by atoms with Crippen molar-refractivity contribution in [2.75, 3.05) is 11.9 Å². The normalized spacial score (nSPS) is 10.5. The fourth-order valence-corrected chi connectivity index (χ4v) is 2.70. The minimum absolute atomic E-state index is 0.0776. The Bertz CT molecular complexity index is 867. The molecule has 1 amide bonds. The van der Waals surface area contributed by atoms with Crippen molar-refractivity contribution in [2.24, 2.45) is 0 Å². The Balaban J connectivity index is 1.64. The molecule has 0 saturated carbocycles. The third-order valence-corrected chi connectivity index (χ3v) is 3.74. The number of amides is 1. The Morgan fingerprint density at radius 2 is 1.92 bits per heavy atom. The molecule has 1 heterocycles. The number of nitrogens with one attached hydrogen (secondary N) is 1. The first-order valence-corrected chi connectivity index (χ1v) is 7.87. The van der Waals surface area contributed by atoms with E-state index in [2.05, 4.69) is 20.8 Å². The standard InChI is InChI=1S/C18H19N5O2/c1-12-7-13(2)18(14(3)8-12)20-17(24)10-25-16-6-4-5-15(9-16)23-11-19-21-22-23/h4-9,11H,10H2,1-3H3,(H,20,24). The Kier molecular flexibility index (Phi) is 4.74. The maximum Gasteiger partial charge on any atom is 0.262 e. The van der Waals surface area contributed by atoms with Crippen molar-refractivity contribution >= 4 is 11.6 Å². The van der Waals surface area contributed by atoms with Crippen molar-refractivity contribution in [3.05, 3.63) is 59.4 Å². The van der Waals surface area contributed by atoms with Gasteiger partial charge in [0.25, 0.3) is 5.91 Å². The highest BCUT2D eigenvalue weighted by Gasteiger charge is 2.09. The summed E-state index contributed by atoms with van der Waals surface area (Å²) in [5.41, 5.74) is 4.83. The second-order valence-corrected chi connectivity index (χ2v) is 5.86. The highest BCUT2D eigenvalue weighted by Crippen LogP contribution is 2.22. The van der Waals surface area contributed by atoms with Gasteiger partial charge >= 0.3 is 0 Å². The molecule has 0 spiro atoms. The number of aryl methyl sites for hydroxylation is 3. The zero-order valence-electron chi connectivity index (χ0n) is 14.4. The number of ether oxygens (including phenoxy) is 1. The highest BCUT2D eigenvalue weighted by atomic mass is 16.5. The van der Waals surface area contributed by atoms with E-state index in [1.807, 2.05) is 45.0 Å². The van der Waals surface area contributed by atoms with Gasteiger partial charge in [0.05, 0.1) is 5.69 Å². The molecule has 1 N–H and O–H groups in total. The van der Waals surface area contributed by atoms with Crippen LogP contribution in [0, 0.1) is 20.8 Å². The van der Waals surface area contributed by atoms with Gasteiger partial charge in [-0.05, 0) is 54.5 Å². The van der Waals surface area contributed by atoms with Gasteiger partial charge in [-0.1, -0.05) is 23.8 Å². The first-order chi connectivity index (χ1) is 12.0. The van der Waals surface area contributed by atoms with Gasteiger partial charge in [-0.15, -0.1) is 5.10 Å². The lowest BCUT2D eigenvalue weighted by molar-refractivity contribution is -0.118. The van der Waals surface area contributed by atoms with Crippen LogP contribution >= 0.6 is 0 Å². The molecule has 3 rings (SSSR count). The number of hydrogen-bond donors (Lipinski definition) is 1. The van der Waals surface area contributed by atoms with Crippen LogP contribution in [0.2, 0.25) is 0 Å². The van der Waals surface area contributed by atoms with Crippen molar-refractivity contribution in [3.63, 3.8) is 0 Å². The summed E-state index contributed by atoms with van der Waals surface area (Å²) in [7, 11) is 0. The molecule has 1 aromatic heterocycles. The molecule has 0 saturated heterocycles. The van der Waals surface area contributed by atoms with Crippen molar-refractivity contribution in [3.8, 4) is 11.4 Å². The molecule has 0 atom stereocenters. The van der Waals surface area contributed by atoms with Crippen LogP contribution < -0.4 is 10.1 Å². The number of benzene rings is 2. The van der Waals surface area contributed by atoms with Crippen LogP contribution in [0.3, 0.4) is 0 Å². The zero-order valence-corrected chi connectivity index (χ0v) is 14.4. The van der Waals surface area contributed by atoms with Crippen LogP contribution in [-0.4, -0.2) is 32.7 Å². The van der Waals surface area contributed by atoms with E-state index in [0.717, 1.165) is 22.5 Å². The number of anilines is 1. The Labute approximate surface area is 145 Å². The number of carbonyl (C=O) groups excluding carboxylic acids is 1. The number of hydrogen-bond acceptors (Lipinski definition) is 5. The average Bonchev–Trinajstić information content (AvgIpc) is 3.11. The summed E-state index contributed by atoms with van der Waals surface area (Å²) >= 11 is 0. The molecule has 128 valence electrons. The van der Waals surface area contributed by atoms with Gasteiger partial charge in [0.2, 0.25) is 0 Å². The summed E-state index contributed by atoms with van der Waals surface area (Å²) in [4.78, 5) is 12.2. The largest absolute Gasteiger partial charge is 0.484 e. The molecule has 0 bridgehead atoms. The number of rotatable bonds is 5. The molecule has 0 aliphatic rings. The van der Waals surface area contributed by atoms with E-state index in [0.29, 0.717) is 5.75 Å². The Morgan fingerprint density at radius 3 is 2.60 bits per heavy atom.